The maximum atomic E-state index is 8.39. The molecule has 0 unspecified atom stereocenters. The van der Waals surface area contributed by atoms with Crippen LogP contribution in [0.15, 0.2) is 48.5 Å². The van der Waals surface area contributed by atoms with Crippen LogP contribution >= 0.6 is 0 Å². The Morgan fingerprint density at radius 3 is 2.62 bits per heavy atom. The van der Waals surface area contributed by atoms with Crippen LogP contribution in [0.2, 0.25) is 0 Å². The van der Waals surface area contributed by atoms with Gasteiger partial charge in [0.05, 0.1) is 13.3 Å². The first-order valence-corrected chi connectivity index (χ1v) is 6.91. The van der Waals surface area contributed by atoms with Crippen molar-refractivity contribution in [2.75, 3.05) is 0 Å². The van der Waals surface area contributed by atoms with Crippen LogP contribution in [0.5, 0.6) is 0 Å². The molecule has 0 saturated heterocycles. The standard InChI is InChI=1S/C19H17N2/c1-13-7-5-6-8-17(13)19-18-10-9-16(20-3)12-15(18)11-14(2)21(19)4/h5-12H,1-2,4H3/q+1/i11D. The van der Waals surface area contributed by atoms with Gasteiger partial charge in [0.15, 0.2) is 11.4 Å². The Morgan fingerprint density at radius 2 is 1.90 bits per heavy atom. The Kier molecular flexibility index (Phi) is 2.90. The van der Waals surface area contributed by atoms with Crippen molar-refractivity contribution in [1.29, 1.82) is 0 Å². The van der Waals surface area contributed by atoms with E-state index in [2.05, 4.69) is 28.5 Å². The van der Waals surface area contributed by atoms with E-state index in [0.29, 0.717) is 11.7 Å². The first-order valence-electron chi connectivity index (χ1n) is 7.41. The highest BCUT2D eigenvalue weighted by Crippen LogP contribution is 2.30. The van der Waals surface area contributed by atoms with E-state index < -0.39 is 0 Å². The number of hydrogen-bond acceptors (Lipinski definition) is 0. The third-order valence-corrected chi connectivity index (χ3v) is 3.94. The summed E-state index contributed by atoms with van der Waals surface area (Å²) in [5, 5.41) is 1.85. The summed E-state index contributed by atoms with van der Waals surface area (Å²) in [6.07, 6.45) is 0. The van der Waals surface area contributed by atoms with Gasteiger partial charge in [0.2, 0.25) is 5.69 Å². The number of fused-ring (bicyclic) bond motifs is 1. The van der Waals surface area contributed by atoms with E-state index in [4.69, 9.17) is 7.94 Å². The van der Waals surface area contributed by atoms with Gasteiger partial charge in [0, 0.05) is 18.5 Å². The molecule has 3 aromatic rings. The summed E-state index contributed by atoms with van der Waals surface area (Å²) in [5.74, 6) is 0. The van der Waals surface area contributed by atoms with Crippen molar-refractivity contribution < 1.29 is 5.94 Å². The van der Waals surface area contributed by atoms with Gasteiger partial charge in [0.25, 0.3) is 0 Å². The Labute approximate surface area is 126 Å². The van der Waals surface area contributed by atoms with Crippen LogP contribution < -0.4 is 4.57 Å². The zero-order valence-electron chi connectivity index (χ0n) is 13.4. The van der Waals surface area contributed by atoms with Crippen molar-refractivity contribution in [2.24, 2.45) is 7.05 Å². The summed E-state index contributed by atoms with van der Waals surface area (Å²) >= 11 is 0. The Bertz CT molecular complexity index is 936. The third kappa shape index (κ3) is 2.17. The number of hydrogen-bond donors (Lipinski definition) is 0. The average Bonchev–Trinajstić information content (AvgIpc) is 2.54. The third-order valence-electron chi connectivity index (χ3n) is 3.94. The van der Waals surface area contributed by atoms with Crippen molar-refractivity contribution in [3.8, 4) is 11.3 Å². The van der Waals surface area contributed by atoms with E-state index in [0.717, 1.165) is 27.7 Å². The maximum absolute atomic E-state index is 8.39. The Balaban J connectivity index is 2.50. The summed E-state index contributed by atoms with van der Waals surface area (Å²) in [5.41, 5.74) is 4.93. The van der Waals surface area contributed by atoms with E-state index >= 15 is 0 Å². The van der Waals surface area contributed by atoms with Crippen LogP contribution in [-0.2, 0) is 7.05 Å². The van der Waals surface area contributed by atoms with E-state index in [9.17, 15) is 0 Å². The van der Waals surface area contributed by atoms with Crippen molar-refractivity contribution in [2.45, 2.75) is 13.8 Å². The van der Waals surface area contributed by atoms with Crippen molar-refractivity contribution in [1.82, 2.24) is 0 Å². The van der Waals surface area contributed by atoms with Gasteiger partial charge in [-0.25, -0.2) is 4.85 Å². The molecule has 2 nitrogen and oxygen atoms in total. The van der Waals surface area contributed by atoms with Gasteiger partial charge in [-0.2, -0.15) is 4.57 Å². The van der Waals surface area contributed by atoms with Crippen molar-refractivity contribution in [3.05, 3.63) is 71.2 Å². The molecule has 21 heavy (non-hydrogen) atoms. The molecule has 0 aliphatic rings. The van der Waals surface area contributed by atoms with Crippen molar-refractivity contribution in [3.63, 3.8) is 0 Å². The molecule has 3 rings (SSSR count). The molecule has 2 aromatic carbocycles. The highest BCUT2D eigenvalue weighted by Gasteiger charge is 2.19. The van der Waals surface area contributed by atoms with Crippen LogP contribution in [0.25, 0.3) is 26.9 Å². The highest BCUT2D eigenvalue weighted by atomic mass is 14.9. The fourth-order valence-corrected chi connectivity index (χ4v) is 2.70. The molecule has 0 amide bonds. The molecule has 0 radical (unpaired) electrons. The first kappa shape index (κ1) is 12.1. The molecule has 0 saturated carbocycles. The molecule has 0 aliphatic heterocycles. The fourth-order valence-electron chi connectivity index (χ4n) is 2.70. The average molecular weight is 274 g/mol. The minimum Gasteiger partial charge on any atom is -0.238 e. The van der Waals surface area contributed by atoms with E-state index in [1.165, 1.54) is 5.56 Å². The van der Waals surface area contributed by atoms with Gasteiger partial charge in [0.1, 0.15) is 7.05 Å². The second-order valence-corrected chi connectivity index (χ2v) is 5.27. The van der Waals surface area contributed by atoms with Gasteiger partial charge < -0.3 is 0 Å². The predicted octanol–water partition coefficient (Wildman–Crippen LogP) is 4.50. The molecule has 1 heterocycles. The number of rotatable bonds is 1. The van der Waals surface area contributed by atoms with Gasteiger partial charge in [-0.05, 0) is 30.0 Å². The van der Waals surface area contributed by atoms with Crippen LogP contribution in [0.1, 0.15) is 12.6 Å². The lowest BCUT2D eigenvalue weighted by Gasteiger charge is -2.10. The number of aromatic nitrogens is 1. The second kappa shape index (κ2) is 5.03. The summed E-state index contributed by atoms with van der Waals surface area (Å²) in [7, 11) is 2.00. The van der Waals surface area contributed by atoms with E-state index in [-0.39, 0.29) is 0 Å². The smallest absolute Gasteiger partial charge is 0.220 e. The molecule has 0 bridgehead atoms. The summed E-state index contributed by atoms with van der Waals surface area (Å²) in [4.78, 5) is 3.49. The molecule has 0 atom stereocenters. The lowest BCUT2D eigenvalue weighted by atomic mass is 9.98. The highest BCUT2D eigenvalue weighted by molar-refractivity contribution is 5.95. The van der Waals surface area contributed by atoms with Crippen molar-refractivity contribution >= 4 is 16.5 Å². The molecule has 2 heteroatoms. The summed E-state index contributed by atoms with van der Waals surface area (Å²) in [6.45, 7) is 11.2. The Hall–Kier alpha value is -2.66. The summed E-state index contributed by atoms with van der Waals surface area (Å²) in [6, 6.07) is 14.4. The van der Waals surface area contributed by atoms with Crippen LogP contribution in [-0.4, -0.2) is 0 Å². The number of nitrogens with zero attached hydrogens (tertiary/aromatic N) is 2. The van der Waals surface area contributed by atoms with Crippen LogP contribution in [0, 0.1) is 20.4 Å². The first-order chi connectivity index (χ1) is 10.5. The minimum atomic E-state index is 0.486. The normalized spacial score (nSPS) is 11.2. The number of pyridine rings is 1. The fraction of sp³-hybridized carbons (Fsp3) is 0.158. The minimum absolute atomic E-state index is 0.486. The zero-order valence-corrected chi connectivity index (χ0v) is 12.4. The quantitative estimate of drug-likeness (QED) is 0.456. The predicted molar refractivity (Wildman–Crippen MR) is 86.3 cm³/mol. The van der Waals surface area contributed by atoms with E-state index in [1.807, 2.05) is 44.3 Å². The van der Waals surface area contributed by atoms with Crippen LogP contribution in [0.4, 0.5) is 5.69 Å². The number of aryl methyl sites for hydroxylation is 1. The van der Waals surface area contributed by atoms with E-state index in [1.54, 1.807) is 0 Å². The molecule has 0 fully saturated rings. The SMILES string of the molecule is [2H]c1c(C)[n+](C)c(-c2ccccc2C)c2ccc([N+]#[C-])cc12. The molecular formula is C19H17N2+. The number of benzene rings is 2. The van der Waals surface area contributed by atoms with Gasteiger partial charge in [-0.1, -0.05) is 30.3 Å². The maximum Gasteiger partial charge on any atom is 0.220 e. The topological polar surface area (TPSA) is 8.24 Å². The largest absolute Gasteiger partial charge is 0.238 e. The molecule has 1 aromatic heterocycles. The molecule has 0 spiro atoms. The molecule has 102 valence electrons. The molecule has 0 aliphatic carbocycles. The molecular weight excluding hydrogens is 256 g/mol. The molecule has 0 N–H and O–H groups in total. The zero-order chi connectivity index (χ0) is 15.9. The summed E-state index contributed by atoms with van der Waals surface area (Å²) < 4.78 is 10.5. The van der Waals surface area contributed by atoms with Gasteiger partial charge in [-0.15, -0.1) is 0 Å². The van der Waals surface area contributed by atoms with Gasteiger partial charge >= 0.3 is 0 Å². The van der Waals surface area contributed by atoms with Crippen LogP contribution in [0.3, 0.4) is 0 Å². The second-order valence-electron chi connectivity index (χ2n) is 5.27. The Morgan fingerprint density at radius 1 is 1.14 bits per heavy atom. The lowest BCUT2D eigenvalue weighted by molar-refractivity contribution is -0.665. The van der Waals surface area contributed by atoms with Gasteiger partial charge in [-0.3, -0.25) is 0 Å². The monoisotopic (exact) mass is 274 g/mol. The lowest BCUT2D eigenvalue weighted by Crippen LogP contribution is -2.35.